The van der Waals surface area contributed by atoms with E-state index in [1.165, 1.54) is 13.2 Å². The van der Waals surface area contributed by atoms with Crippen LogP contribution in [-0.4, -0.2) is 15.5 Å². The molecule has 0 unspecified atom stereocenters. The predicted octanol–water partition coefficient (Wildman–Crippen LogP) is 3.46. The van der Waals surface area contributed by atoms with Gasteiger partial charge in [-0.25, -0.2) is 8.42 Å². The summed E-state index contributed by atoms with van der Waals surface area (Å²) < 4.78 is 32.4. The highest BCUT2D eigenvalue weighted by atomic mass is 35.5. The molecule has 0 aliphatic carbocycles. The molecule has 2 aromatic carbocycles. The molecular formula is C14H14ClNO3S. The maximum Gasteiger partial charge on any atom is 0.262 e. The van der Waals surface area contributed by atoms with Gasteiger partial charge in [-0.1, -0.05) is 29.8 Å². The average Bonchev–Trinajstić information content (AvgIpc) is 2.39. The number of sulfonamides is 1. The second-order valence-corrected chi connectivity index (χ2v) is 6.30. The Hall–Kier alpha value is -1.72. The Balaban J connectivity index is 2.44. The molecule has 0 saturated heterocycles. The van der Waals surface area contributed by atoms with Crippen LogP contribution in [0.25, 0.3) is 0 Å². The second kappa shape index (κ2) is 5.73. The van der Waals surface area contributed by atoms with Gasteiger partial charge in [0.15, 0.2) is 0 Å². The van der Waals surface area contributed by atoms with Crippen molar-refractivity contribution in [3.63, 3.8) is 0 Å². The summed E-state index contributed by atoms with van der Waals surface area (Å²) >= 11 is 5.89. The van der Waals surface area contributed by atoms with Crippen molar-refractivity contribution in [2.24, 2.45) is 0 Å². The van der Waals surface area contributed by atoms with Gasteiger partial charge >= 0.3 is 0 Å². The molecule has 2 rings (SSSR count). The Morgan fingerprint density at radius 1 is 1.15 bits per heavy atom. The first-order chi connectivity index (χ1) is 9.44. The third-order valence-electron chi connectivity index (χ3n) is 2.79. The molecule has 0 amide bonds. The van der Waals surface area contributed by atoms with Gasteiger partial charge in [0.2, 0.25) is 0 Å². The van der Waals surface area contributed by atoms with Crippen molar-refractivity contribution >= 4 is 27.3 Å². The second-order valence-electron chi connectivity index (χ2n) is 4.22. The van der Waals surface area contributed by atoms with Crippen LogP contribution in [0.1, 0.15) is 5.56 Å². The quantitative estimate of drug-likeness (QED) is 0.940. The van der Waals surface area contributed by atoms with Gasteiger partial charge in [-0.05, 0) is 36.8 Å². The van der Waals surface area contributed by atoms with Gasteiger partial charge in [-0.2, -0.15) is 0 Å². The molecule has 1 N–H and O–H groups in total. The third kappa shape index (κ3) is 3.05. The van der Waals surface area contributed by atoms with Crippen LogP contribution in [0.15, 0.2) is 47.4 Å². The molecule has 0 aliphatic heterocycles. The van der Waals surface area contributed by atoms with Crippen LogP contribution >= 0.6 is 11.6 Å². The number of hydrogen-bond acceptors (Lipinski definition) is 3. The number of ether oxygens (including phenoxy) is 1. The molecule has 0 atom stereocenters. The molecular weight excluding hydrogens is 298 g/mol. The number of hydrogen-bond donors (Lipinski definition) is 1. The van der Waals surface area contributed by atoms with E-state index in [4.69, 9.17) is 16.3 Å². The molecule has 0 radical (unpaired) electrons. The smallest absolute Gasteiger partial charge is 0.262 e. The summed E-state index contributed by atoms with van der Waals surface area (Å²) in [5.41, 5.74) is 0.976. The Morgan fingerprint density at radius 3 is 2.50 bits per heavy atom. The molecule has 0 fully saturated rings. The highest BCUT2D eigenvalue weighted by Gasteiger charge is 2.18. The Labute approximate surface area is 123 Å². The van der Waals surface area contributed by atoms with Gasteiger partial charge < -0.3 is 4.74 Å². The van der Waals surface area contributed by atoms with Gasteiger partial charge in [0.05, 0.1) is 17.7 Å². The first-order valence-corrected chi connectivity index (χ1v) is 7.72. The number of aryl methyl sites for hydroxylation is 1. The zero-order valence-corrected chi connectivity index (χ0v) is 12.6. The third-order valence-corrected chi connectivity index (χ3v) is 4.55. The maximum atomic E-state index is 12.4. The highest BCUT2D eigenvalue weighted by Crippen LogP contribution is 2.30. The van der Waals surface area contributed by atoms with Crippen LogP contribution in [0.2, 0.25) is 5.02 Å². The van der Waals surface area contributed by atoms with E-state index in [0.29, 0.717) is 22.0 Å². The molecule has 6 heteroatoms. The van der Waals surface area contributed by atoms with Crippen LogP contribution in [-0.2, 0) is 10.0 Å². The SMILES string of the molecule is COc1ccc(Cl)cc1NS(=O)(=O)c1ccccc1C. The number of nitrogens with one attached hydrogen (secondary N) is 1. The molecule has 2 aromatic rings. The van der Waals surface area contributed by atoms with Crippen molar-refractivity contribution in [3.8, 4) is 5.75 Å². The van der Waals surface area contributed by atoms with E-state index in [9.17, 15) is 8.42 Å². The lowest BCUT2D eigenvalue weighted by Gasteiger charge is -2.13. The lowest BCUT2D eigenvalue weighted by Crippen LogP contribution is -2.14. The van der Waals surface area contributed by atoms with Gasteiger partial charge in [-0.3, -0.25) is 4.72 Å². The van der Waals surface area contributed by atoms with Crippen LogP contribution in [0, 0.1) is 6.92 Å². The van der Waals surface area contributed by atoms with E-state index >= 15 is 0 Å². The molecule has 4 nitrogen and oxygen atoms in total. The fourth-order valence-electron chi connectivity index (χ4n) is 1.82. The summed E-state index contributed by atoms with van der Waals surface area (Å²) in [4.78, 5) is 0.224. The topological polar surface area (TPSA) is 55.4 Å². The van der Waals surface area contributed by atoms with Gasteiger partial charge in [0.25, 0.3) is 10.0 Å². The van der Waals surface area contributed by atoms with E-state index in [2.05, 4.69) is 4.72 Å². The van der Waals surface area contributed by atoms with Crippen molar-refractivity contribution in [3.05, 3.63) is 53.1 Å². The fraction of sp³-hybridized carbons (Fsp3) is 0.143. The van der Waals surface area contributed by atoms with Gasteiger partial charge in [0.1, 0.15) is 5.75 Å². The van der Waals surface area contributed by atoms with Gasteiger partial charge in [-0.15, -0.1) is 0 Å². The summed E-state index contributed by atoms with van der Waals surface area (Å²) in [5, 5.41) is 0.424. The Morgan fingerprint density at radius 2 is 1.85 bits per heavy atom. The lowest BCUT2D eigenvalue weighted by atomic mass is 10.2. The van der Waals surface area contributed by atoms with Crippen molar-refractivity contribution in [2.75, 3.05) is 11.8 Å². The Kier molecular flexibility index (Phi) is 4.20. The summed E-state index contributed by atoms with van der Waals surface area (Å²) in [6.45, 7) is 1.74. The minimum atomic E-state index is -3.68. The normalized spacial score (nSPS) is 11.2. The Bertz CT molecular complexity index is 729. The number of benzene rings is 2. The lowest BCUT2D eigenvalue weighted by molar-refractivity contribution is 0.417. The first-order valence-electron chi connectivity index (χ1n) is 5.86. The van der Waals surface area contributed by atoms with E-state index < -0.39 is 10.0 Å². The van der Waals surface area contributed by atoms with Crippen molar-refractivity contribution in [1.29, 1.82) is 0 Å². The molecule has 0 spiro atoms. The van der Waals surface area contributed by atoms with E-state index in [0.717, 1.165) is 0 Å². The zero-order chi connectivity index (χ0) is 14.8. The number of rotatable bonds is 4. The minimum Gasteiger partial charge on any atom is -0.495 e. The summed E-state index contributed by atoms with van der Waals surface area (Å²) in [6.07, 6.45) is 0. The maximum absolute atomic E-state index is 12.4. The molecule has 0 heterocycles. The number of methoxy groups -OCH3 is 1. The molecule has 0 bridgehead atoms. The van der Waals surface area contributed by atoms with Crippen LogP contribution in [0.4, 0.5) is 5.69 Å². The number of halogens is 1. The molecule has 0 aliphatic rings. The molecule has 106 valence electrons. The highest BCUT2D eigenvalue weighted by molar-refractivity contribution is 7.92. The molecule has 0 aromatic heterocycles. The average molecular weight is 312 g/mol. The van der Waals surface area contributed by atoms with Crippen LogP contribution in [0.5, 0.6) is 5.75 Å². The van der Waals surface area contributed by atoms with Gasteiger partial charge in [0, 0.05) is 5.02 Å². The summed E-state index contributed by atoms with van der Waals surface area (Å²) in [6, 6.07) is 11.5. The number of anilines is 1. The zero-order valence-electron chi connectivity index (χ0n) is 11.1. The van der Waals surface area contributed by atoms with Crippen molar-refractivity contribution in [1.82, 2.24) is 0 Å². The van der Waals surface area contributed by atoms with E-state index in [1.54, 1.807) is 43.3 Å². The monoisotopic (exact) mass is 311 g/mol. The predicted molar refractivity (Wildman–Crippen MR) is 80.0 cm³/mol. The van der Waals surface area contributed by atoms with E-state index in [1.807, 2.05) is 0 Å². The first kappa shape index (κ1) is 14.7. The fourth-order valence-corrected chi connectivity index (χ4v) is 3.30. The summed E-state index contributed by atoms with van der Waals surface area (Å²) in [5.74, 6) is 0.409. The molecule has 0 saturated carbocycles. The largest absolute Gasteiger partial charge is 0.495 e. The van der Waals surface area contributed by atoms with Crippen molar-refractivity contribution in [2.45, 2.75) is 11.8 Å². The summed E-state index contributed by atoms with van der Waals surface area (Å²) in [7, 11) is -2.21. The van der Waals surface area contributed by atoms with E-state index in [-0.39, 0.29) is 4.90 Å². The molecule has 20 heavy (non-hydrogen) atoms. The standard InChI is InChI=1S/C14H14ClNO3S/c1-10-5-3-4-6-14(10)20(17,18)16-12-9-11(15)7-8-13(12)19-2/h3-9,16H,1-2H3. The van der Waals surface area contributed by atoms with Crippen LogP contribution < -0.4 is 9.46 Å². The van der Waals surface area contributed by atoms with Crippen LogP contribution in [0.3, 0.4) is 0 Å². The minimum absolute atomic E-state index is 0.224. The van der Waals surface area contributed by atoms with Crippen molar-refractivity contribution < 1.29 is 13.2 Å².